The first-order valence-electron chi connectivity index (χ1n) is 8.96. The molecule has 0 spiro atoms. The van der Waals surface area contributed by atoms with Crippen molar-refractivity contribution in [2.24, 2.45) is 0 Å². The van der Waals surface area contributed by atoms with Crippen LogP contribution in [0.2, 0.25) is 0 Å². The van der Waals surface area contributed by atoms with Crippen molar-refractivity contribution in [3.05, 3.63) is 29.8 Å². The zero-order valence-corrected chi connectivity index (χ0v) is 16.5. The van der Waals surface area contributed by atoms with E-state index in [1.807, 2.05) is 18.7 Å². The number of nitrogens with one attached hydrogen (secondary N) is 1. The smallest absolute Gasteiger partial charge is 0.324 e. The van der Waals surface area contributed by atoms with Crippen molar-refractivity contribution in [3.8, 4) is 5.75 Å². The van der Waals surface area contributed by atoms with Crippen molar-refractivity contribution in [3.63, 3.8) is 0 Å². The molecule has 1 aromatic carbocycles. The van der Waals surface area contributed by atoms with Crippen LogP contribution in [0.4, 0.5) is 0 Å². The quantitative estimate of drug-likeness (QED) is 0.313. The van der Waals surface area contributed by atoms with E-state index >= 15 is 0 Å². The van der Waals surface area contributed by atoms with E-state index in [1.54, 1.807) is 31.4 Å². The minimum atomic E-state index is -0.513. The number of carbonyl (C=O) groups excluding carboxylic acids is 2. The van der Waals surface area contributed by atoms with E-state index < -0.39 is 6.04 Å². The van der Waals surface area contributed by atoms with Crippen molar-refractivity contribution in [2.75, 3.05) is 53.9 Å². The Morgan fingerprint density at radius 1 is 1.07 bits per heavy atom. The van der Waals surface area contributed by atoms with E-state index in [-0.39, 0.29) is 25.2 Å². The number of hydrogen-bond acceptors (Lipinski definition) is 7. The molecular weight excluding hydrogens is 352 g/mol. The molecule has 1 unspecified atom stereocenters. The zero-order valence-electron chi connectivity index (χ0n) is 16.5. The molecule has 0 saturated heterocycles. The molecular formula is C19H30N2O6. The standard InChI is InChI=1S/C19H30N2O6/c1-5-21(6-2)17(19(23)25-4)13-20-18(22)15-7-9-16(10-8-15)27-14-26-12-11-24-3/h7-10,17H,5-6,11-14H2,1-4H3,(H,20,22). The van der Waals surface area contributed by atoms with E-state index in [0.29, 0.717) is 37.6 Å². The third kappa shape index (κ3) is 7.94. The molecule has 1 aromatic rings. The lowest BCUT2D eigenvalue weighted by molar-refractivity contribution is -0.146. The first-order chi connectivity index (χ1) is 13.1. The first kappa shape index (κ1) is 22.9. The SMILES string of the molecule is CCN(CC)C(CNC(=O)c1ccc(OCOCCOC)cc1)C(=O)OC. The maximum absolute atomic E-state index is 12.3. The Labute approximate surface area is 160 Å². The number of hydrogen-bond donors (Lipinski definition) is 1. The summed E-state index contributed by atoms with van der Waals surface area (Å²) >= 11 is 0. The molecule has 0 aromatic heterocycles. The number of benzene rings is 1. The van der Waals surface area contributed by atoms with Gasteiger partial charge in [0.25, 0.3) is 5.91 Å². The van der Waals surface area contributed by atoms with Crippen molar-refractivity contribution in [2.45, 2.75) is 19.9 Å². The van der Waals surface area contributed by atoms with Gasteiger partial charge in [-0.15, -0.1) is 0 Å². The lowest BCUT2D eigenvalue weighted by atomic mass is 10.2. The maximum Gasteiger partial charge on any atom is 0.324 e. The molecule has 1 N–H and O–H groups in total. The summed E-state index contributed by atoms with van der Waals surface area (Å²) in [5.74, 6) is -0.0327. The van der Waals surface area contributed by atoms with Gasteiger partial charge in [-0.05, 0) is 37.4 Å². The summed E-state index contributed by atoms with van der Waals surface area (Å²) in [7, 11) is 2.95. The van der Waals surface area contributed by atoms with E-state index in [1.165, 1.54) is 7.11 Å². The molecule has 0 radical (unpaired) electrons. The Morgan fingerprint density at radius 3 is 2.30 bits per heavy atom. The number of esters is 1. The minimum absolute atomic E-state index is 0.111. The van der Waals surface area contributed by atoms with Crippen LogP contribution in [-0.2, 0) is 19.0 Å². The normalized spacial score (nSPS) is 11.9. The molecule has 8 heteroatoms. The molecule has 152 valence electrons. The molecule has 8 nitrogen and oxygen atoms in total. The summed E-state index contributed by atoms with van der Waals surface area (Å²) in [5.41, 5.74) is 0.478. The van der Waals surface area contributed by atoms with Crippen LogP contribution in [-0.4, -0.2) is 76.7 Å². The third-order valence-corrected chi connectivity index (χ3v) is 4.04. The van der Waals surface area contributed by atoms with Crippen LogP contribution in [0, 0.1) is 0 Å². The second-order valence-corrected chi connectivity index (χ2v) is 5.66. The van der Waals surface area contributed by atoms with E-state index in [2.05, 4.69) is 5.32 Å². The van der Waals surface area contributed by atoms with Gasteiger partial charge in [0.15, 0.2) is 6.79 Å². The summed E-state index contributed by atoms with van der Waals surface area (Å²) in [6, 6.07) is 6.18. The van der Waals surface area contributed by atoms with Crippen molar-refractivity contribution in [1.82, 2.24) is 10.2 Å². The summed E-state index contributed by atoms with van der Waals surface area (Å²) in [6.45, 7) is 6.53. The summed E-state index contributed by atoms with van der Waals surface area (Å²) in [6.07, 6.45) is 0. The van der Waals surface area contributed by atoms with Crippen LogP contribution >= 0.6 is 0 Å². The third-order valence-electron chi connectivity index (χ3n) is 4.04. The topological polar surface area (TPSA) is 86.3 Å². The Hall–Kier alpha value is -2.16. The van der Waals surface area contributed by atoms with Crippen LogP contribution in [0.25, 0.3) is 0 Å². The van der Waals surface area contributed by atoms with Crippen molar-refractivity contribution in [1.29, 1.82) is 0 Å². The van der Waals surface area contributed by atoms with E-state index in [0.717, 1.165) is 0 Å². The highest BCUT2D eigenvalue weighted by molar-refractivity contribution is 5.94. The number of nitrogens with zero attached hydrogens (tertiary/aromatic N) is 1. The predicted octanol–water partition coefficient (Wildman–Crippen LogP) is 1.30. The fourth-order valence-electron chi connectivity index (χ4n) is 2.47. The number of ether oxygens (including phenoxy) is 4. The van der Waals surface area contributed by atoms with Crippen LogP contribution in [0.15, 0.2) is 24.3 Å². The maximum atomic E-state index is 12.3. The molecule has 0 heterocycles. The van der Waals surface area contributed by atoms with E-state index in [9.17, 15) is 9.59 Å². The van der Waals surface area contributed by atoms with Crippen molar-refractivity contribution >= 4 is 11.9 Å². The molecule has 1 atom stereocenters. The van der Waals surface area contributed by atoms with Crippen LogP contribution in [0.3, 0.4) is 0 Å². The van der Waals surface area contributed by atoms with Gasteiger partial charge in [-0.25, -0.2) is 0 Å². The zero-order chi connectivity index (χ0) is 20.1. The molecule has 0 aliphatic rings. The summed E-state index contributed by atoms with van der Waals surface area (Å²) in [5, 5.41) is 2.79. The Bertz CT molecular complexity index is 560. The van der Waals surface area contributed by atoms with Gasteiger partial charge in [-0.3, -0.25) is 14.5 Å². The average Bonchev–Trinajstić information content (AvgIpc) is 2.70. The average molecular weight is 382 g/mol. The highest BCUT2D eigenvalue weighted by Crippen LogP contribution is 2.12. The lowest BCUT2D eigenvalue weighted by Crippen LogP contribution is -2.49. The second-order valence-electron chi connectivity index (χ2n) is 5.66. The largest absolute Gasteiger partial charge is 0.468 e. The Kier molecular flexibility index (Phi) is 11.1. The molecule has 0 aliphatic heterocycles. The number of rotatable bonds is 13. The Balaban J connectivity index is 2.54. The first-order valence-corrected chi connectivity index (χ1v) is 8.96. The van der Waals surface area contributed by atoms with Gasteiger partial charge in [0, 0.05) is 19.2 Å². The highest BCUT2D eigenvalue weighted by atomic mass is 16.7. The van der Waals surface area contributed by atoms with Gasteiger partial charge < -0.3 is 24.3 Å². The number of methoxy groups -OCH3 is 2. The van der Waals surface area contributed by atoms with Gasteiger partial charge in [0.2, 0.25) is 0 Å². The number of amides is 1. The van der Waals surface area contributed by atoms with Gasteiger partial charge in [0.1, 0.15) is 11.8 Å². The Morgan fingerprint density at radius 2 is 1.74 bits per heavy atom. The molecule has 0 bridgehead atoms. The molecule has 27 heavy (non-hydrogen) atoms. The summed E-state index contributed by atoms with van der Waals surface area (Å²) in [4.78, 5) is 26.3. The van der Waals surface area contributed by atoms with E-state index in [4.69, 9.17) is 18.9 Å². The van der Waals surface area contributed by atoms with Gasteiger partial charge in [-0.2, -0.15) is 0 Å². The van der Waals surface area contributed by atoms with Gasteiger partial charge >= 0.3 is 5.97 Å². The molecule has 1 amide bonds. The van der Waals surface area contributed by atoms with Crippen LogP contribution in [0.1, 0.15) is 24.2 Å². The van der Waals surface area contributed by atoms with Gasteiger partial charge in [-0.1, -0.05) is 13.8 Å². The molecule has 0 aliphatic carbocycles. The number of likely N-dealkylation sites (N-methyl/N-ethyl adjacent to an activating group) is 1. The monoisotopic (exact) mass is 382 g/mol. The fraction of sp³-hybridized carbons (Fsp3) is 0.579. The minimum Gasteiger partial charge on any atom is -0.468 e. The highest BCUT2D eigenvalue weighted by Gasteiger charge is 2.25. The lowest BCUT2D eigenvalue weighted by Gasteiger charge is -2.27. The molecule has 0 saturated carbocycles. The van der Waals surface area contributed by atoms with Crippen LogP contribution in [0.5, 0.6) is 5.75 Å². The van der Waals surface area contributed by atoms with Crippen LogP contribution < -0.4 is 10.1 Å². The second kappa shape index (κ2) is 13.1. The summed E-state index contributed by atoms with van der Waals surface area (Å²) < 4.78 is 20.4. The number of carbonyl (C=O) groups is 2. The molecule has 0 fully saturated rings. The van der Waals surface area contributed by atoms with Crippen molar-refractivity contribution < 1.29 is 28.5 Å². The fourth-order valence-corrected chi connectivity index (χ4v) is 2.47. The molecule has 1 rings (SSSR count). The van der Waals surface area contributed by atoms with Gasteiger partial charge in [0.05, 0.1) is 20.3 Å². The predicted molar refractivity (Wildman–Crippen MR) is 101 cm³/mol.